The highest BCUT2D eigenvalue weighted by Gasteiger charge is 2.28. The lowest BCUT2D eigenvalue weighted by molar-refractivity contribution is -0.459. The first-order valence-corrected chi connectivity index (χ1v) is 11.1. The van der Waals surface area contributed by atoms with E-state index in [4.69, 9.17) is 15.9 Å². The molecule has 0 bridgehead atoms. The average Bonchev–Trinajstić information content (AvgIpc) is 3.03. The van der Waals surface area contributed by atoms with Crippen LogP contribution in [-0.4, -0.2) is 46.4 Å². The van der Waals surface area contributed by atoms with Crippen molar-refractivity contribution in [1.82, 2.24) is 15.6 Å². The van der Waals surface area contributed by atoms with Gasteiger partial charge in [0.2, 0.25) is 11.8 Å². The molecule has 11 nitrogen and oxygen atoms in total. The van der Waals surface area contributed by atoms with Crippen LogP contribution in [0.5, 0.6) is 0 Å². The van der Waals surface area contributed by atoms with Crippen LogP contribution in [0, 0.1) is 18.3 Å². The second-order valence-electron chi connectivity index (χ2n) is 9.83. The second-order valence-corrected chi connectivity index (χ2v) is 9.83. The van der Waals surface area contributed by atoms with Crippen molar-refractivity contribution in [2.45, 2.75) is 79.3 Å². The van der Waals surface area contributed by atoms with Gasteiger partial charge in [-0.25, -0.2) is 9.78 Å². The topological polar surface area (TPSA) is 188 Å². The Balaban J connectivity index is 2.97. The molecule has 0 aliphatic heterocycles. The SMILES string of the molecule is Cc1oc([C@H](CC(C)C)NC(=O)CC(C)(C)C)nc1C(=O)N[C@@H](CCC[NH+]=C(N)N)C(=O)O. The van der Waals surface area contributed by atoms with Gasteiger partial charge in [0.25, 0.3) is 5.91 Å². The van der Waals surface area contributed by atoms with E-state index < -0.39 is 24.0 Å². The molecule has 2 atom stereocenters. The Hall–Kier alpha value is -3.11. The third kappa shape index (κ3) is 10.4. The normalized spacial score (nSPS) is 13.3. The van der Waals surface area contributed by atoms with E-state index in [1.54, 1.807) is 6.92 Å². The van der Waals surface area contributed by atoms with Crippen LogP contribution in [0.2, 0.25) is 0 Å². The zero-order valence-corrected chi connectivity index (χ0v) is 20.4. The summed E-state index contributed by atoms with van der Waals surface area (Å²) in [7, 11) is 0. The molecule has 0 saturated heterocycles. The number of carbonyl (C=O) groups is 3. The van der Waals surface area contributed by atoms with Crippen LogP contribution in [0.3, 0.4) is 0 Å². The number of carboxylic acid groups (broad SMARTS) is 1. The molecule has 0 aliphatic rings. The number of aryl methyl sites for hydroxylation is 1. The van der Waals surface area contributed by atoms with Crippen molar-refractivity contribution >= 4 is 23.7 Å². The summed E-state index contributed by atoms with van der Waals surface area (Å²) in [6, 6.07) is -1.62. The van der Waals surface area contributed by atoms with Gasteiger partial charge < -0.3 is 20.2 Å². The monoisotopic (exact) mass is 467 g/mol. The van der Waals surface area contributed by atoms with E-state index in [1.807, 2.05) is 34.6 Å². The minimum Gasteiger partial charge on any atom is -0.480 e. The molecule has 33 heavy (non-hydrogen) atoms. The predicted molar refractivity (Wildman–Crippen MR) is 123 cm³/mol. The molecule has 1 aromatic rings. The number of nitrogens with zero attached hydrogens (tertiary/aromatic N) is 1. The van der Waals surface area contributed by atoms with E-state index in [0.717, 1.165) is 0 Å². The summed E-state index contributed by atoms with van der Waals surface area (Å²) in [6.07, 6.45) is 1.50. The number of nitrogens with one attached hydrogen (secondary N) is 3. The maximum Gasteiger partial charge on any atom is 0.338 e. The molecule has 0 radical (unpaired) electrons. The highest BCUT2D eigenvalue weighted by Crippen LogP contribution is 2.25. The zero-order valence-electron chi connectivity index (χ0n) is 20.4. The summed E-state index contributed by atoms with van der Waals surface area (Å²) in [6.45, 7) is 11.9. The number of rotatable bonds is 12. The maximum atomic E-state index is 12.7. The van der Waals surface area contributed by atoms with E-state index in [9.17, 15) is 19.5 Å². The van der Waals surface area contributed by atoms with Gasteiger partial charge in [-0.2, -0.15) is 0 Å². The van der Waals surface area contributed by atoms with Crippen LogP contribution in [0.15, 0.2) is 4.42 Å². The van der Waals surface area contributed by atoms with E-state index in [2.05, 4.69) is 20.6 Å². The molecular formula is C22H39N6O5+. The van der Waals surface area contributed by atoms with Crippen molar-refractivity contribution in [2.24, 2.45) is 22.8 Å². The van der Waals surface area contributed by atoms with Gasteiger partial charge in [-0.15, -0.1) is 0 Å². The highest BCUT2D eigenvalue weighted by atomic mass is 16.4. The molecule has 0 saturated carbocycles. The van der Waals surface area contributed by atoms with Gasteiger partial charge in [-0.3, -0.25) is 26.0 Å². The molecule has 1 rings (SSSR count). The predicted octanol–water partition coefficient (Wildman–Crippen LogP) is -0.0602. The van der Waals surface area contributed by atoms with E-state index in [1.165, 1.54) is 0 Å². The molecule has 8 N–H and O–H groups in total. The summed E-state index contributed by atoms with van der Waals surface area (Å²) in [5.41, 5.74) is 10.4. The van der Waals surface area contributed by atoms with Gasteiger partial charge in [0, 0.05) is 6.42 Å². The fourth-order valence-electron chi connectivity index (χ4n) is 3.22. The molecule has 0 aromatic carbocycles. The summed E-state index contributed by atoms with van der Waals surface area (Å²) in [5, 5.41) is 14.9. The van der Waals surface area contributed by atoms with Crippen molar-refractivity contribution < 1.29 is 28.9 Å². The quantitative estimate of drug-likeness (QED) is 0.140. The zero-order chi connectivity index (χ0) is 25.3. The van der Waals surface area contributed by atoms with E-state index >= 15 is 0 Å². The Kier molecular flexibility index (Phi) is 10.3. The van der Waals surface area contributed by atoms with Crippen LogP contribution >= 0.6 is 0 Å². The molecule has 0 spiro atoms. The van der Waals surface area contributed by atoms with Gasteiger partial charge in [-0.05, 0) is 37.5 Å². The van der Waals surface area contributed by atoms with Gasteiger partial charge >= 0.3 is 11.9 Å². The van der Waals surface area contributed by atoms with Crippen molar-refractivity contribution in [3.05, 3.63) is 17.3 Å². The number of hydrogen-bond donors (Lipinski definition) is 6. The van der Waals surface area contributed by atoms with E-state index in [-0.39, 0.29) is 47.0 Å². The van der Waals surface area contributed by atoms with Crippen LogP contribution in [0.25, 0.3) is 0 Å². The average molecular weight is 468 g/mol. The lowest BCUT2D eigenvalue weighted by atomic mass is 9.91. The Labute approximate surface area is 194 Å². The minimum absolute atomic E-state index is 0.00672. The first-order valence-electron chi connectivity index (χ1n) is 11.1. The molecule has 0 aliphatic carbocycles. The van der Waals surface area contributed by atoms with Crippen LogP contribution < -0.4 is 27.1 Å². The smallest absolute Gasteiger partial charge is 0.338 e. The van der Waals surface area contributed by atoms with Gasteiger partial charge in [0.1, 0.15) is 17.8 Å². The van der Waals surface area contributed by atoms with Crippen LogP contribution in [0.4, 0.5) is 0 Å². The fraction of sp³-hybridized carbons (Fsp3) is 0.682. The third-order valence-corrected chi connectivity index (χ3v) is 4.66. The Morgan fingerprint density at radius 3 is 2.33 bits per heavy atom. The Bertz CT molecular complexity index is 852. The number of guanidine groups is 1. The number of aliphatic carboxylic acids is 1. The molecule has 2 amide bonds. The third-order valence-electron chi connectivity index (χ3n) is 4.66. The van der Waals surface area contributed by atoms with Crippen molar-refractivity contribution in [1.29, 1.82) is 0 Å². The molecule has 11 heteroatoms. The standard InChI is InChI=1S/C22H38N6O5/c1-12(2)10-15(26-16(29)11-22(4,5)6)19-28-17(13(3)33-19)18(30)27-14(20(31)32)8-7-9-25-21(23)24/h12,14-15H,7-11H2,1-6H3,(H,26,29)(H,27,30)(H,31,32)(H4,23,24,25)/p+1/t14-,15-/m0/s1. The molecule has 0 fully saturated rings. The number of aromatic nitrogens is 1. The molecule has 1 aromatic heterocycles. The van der Waals surface area contributed by atoms with Gasteiger partial charge in [0.15, 0.2) is 5.69 Å². The molecule has 0 unspecified atom stereocenters. The van der Waals surface area contributed by atoms with Crippen molar-refractivity contribution in [3.8, 4) is 0 Å². The van der Waals surface area contributed by atoms with Crippen molar-refractivity contribution in [2.75, 3.05) is 6.54 Å². The summed E-state index contributed by atoms with van der Waals surface area (Å²) in [5.74, 6) is -1.21. The van der Waals surface area contributed by atoms with Crippen LogP contribution in [-0.2, 0) is 9.59 Å². The lowest BCUT2D eigenvalue weighted by Crippen LogP contribution is -2.78. The fourth-order valence-corrected chi connectivity index (χ4v) is 3.22. The van der Waals surface area contributed by atoms with Crippen molar-refractivity contribution in [3.63, 3.8) is 0 Å². The summed E-state index contributed by atoms with van der Waals surface area (Å²) >= 11 is 0. The maximum absolute atomic E-state index is 12.7. The molecule has 1 heterocycles. The Morgan fingerprint density at radius 1 is 1.18 bits per heavy atom. The van der Waals surface area contributed by atoms with Gasteiger partial charge in [-0.1, -0.05) is 34.6 Å². The number of hydrogen-bond acceptors (Lipinski definition) is 5. The number of amides is 2. The van der Waals surface area contributed by atoms with E-state index in [0.29, 0.717) is 25.8 Å². The first kappa shape index (κ1) is 27.9. The largest absolute Gasteiger partial charge is 0.480 e. The number of oxazole rings is 1. The number of carboxylic acids is 1. The van der Waals surface area contributed by atoms with Crippen LogP contribution in [0.1, 0.15) is 88.5 Å². The van der Waals surface area contributed by atoms with Gasteiger partial charge in [0.05, 0.1) is 6.54 Å². The first-order chi connectivity index (χ1) is 15.2. The second kappa shape index (κ2) is 12.2. The molecular weight excluding hydrogens is 428 g/mol. The Morgan fingerprint density at radius 2 is 1.82 bits per heavy atom. The highest BCUT2D eigenvalue weighted by molar-refractivity contribution is 5.95. The number of carbonyl (C=O) groups excluding carboxylic acids is 2. The lowest BCUT2D eigenvalue weighted by Gasteiger charge is -2.21. The molecule has 186 valence electrons. The summed E-state index contributed by atoms with van der Waals surface area (Å²) < 4.78 is 5.72. The summed E-state index contributed by atoms with van der Waals surface area (Å²) in [4.78, 5) is 43.8. The number of nitrogens with two attached hydrogens (primary N) is 2. The minimum atomic E-state index is -1.17.